The van der Waals surface area contributed by atoms with Crippen molar-refractivity contribution in [2.75, 3.05) is 18.5 Å². The summed E-state index contributed by atoms with van der Waals surface area (Å²) in [6.45, 7) is 6.99. The van der Waals surface area contributed by atoms with Crippen LogP contribution in [0, 0.1) is 5.41 Å². The van der Waals surface area contributed by atoms with Gasteiger partial charge in [0.15, 0.2) is 6.04 Å². The smallest absolute Gasteiger partial charge is 0.368 e. The van der Waals surface area contributed by atoms with Crippen molar-refractivity contribution in [1.82, 2.24) is 14.7 Å². The minimum absolute atomic E-state index is 0.0592. The second kappa shape index (κ2) is 7.73. The summed E-state index contributed by atoms with van der Waals surface area (Å²) in [4.78, 5) is 14.8. The summed E-state index contributed by atoms with van der Waals surface area (Å²) in [6, 6.07) is -0.588. The fraction of sp³-hybridized carbons (Fsp3) is 0.810. The zero-order chi connectivity index (χ0) is 21.7. The molecule has 0 aromatic carbocycles. The highest BCUT2D eigenvalue weighted by atomic mass is 19.4. The SMILES string of the molecule is CC(C)(C)[C@@H]1C[C@H](C(F)(F)F)n2nc(C3CCCCN3C(=O)C3CCCO3)cc2N1. The number of hydrogen-bond acceptors (Lipinski definition) is 4. The molecular weight excluding hydrogens is 397 g/mol. The number of fused-ring (bicyclic) bond motifs is 1. The molecule has 4 rings (SSSR count). The number of nitrogens with zero attached hydrogens (tertiary/aromatic N) is 3. The van der Waals surface area contributed by atoms with E-state index in [9.17, 15) is 18.0 Å². The molecule has 2 fully saturated rings. The zero-order valence-corrected chi connectivity index (χ0v) is 17.8. The van der Waals surface area contributed by atoms with Gasteiger partial charge in [0.2, 0.25) is 0 Å². The number of anilines is 1. The normalized spacial score (nSPS) is 30.1. The molecule has 9 heteroatoms. The second-order valence-electron chi connectivity index (χ2n) is 9.80. The molecule has 2 unspecified atom stereocenters. The topological polar surface area (TPSA) is 59.4 Å². The maximum Gasteiger partial charge on any atom is 0.410 e. The van der Waals surface area contributed by atoms with Crippen molar-refractivity contribution in [2.24, 2.45) is 5.41 Å². The van der Waals surface area contributed by atoms with Gasteiger partial charge in [-0.2, -0.15) is 18.3 Å². The fourth-order valence-corrected chi connectivity index (χ4v) is 4.78. The predicted molar refractivity (Wildman–Crippen MR) is 106 cm³/mol. The Labute approximate surface area is 175 Å². The molecule has 4 atom stereocenters. The molecule has 30 heavy (non-hydrogen) atoms. The van der Waals surface area contributed by atoms with Gasteiger partial charge < -0.3 is 15.0 Å². The van der Waals surface area contributed by atoms with Gasteiger partial charge in [0.05, 0.1) is 11.7 Å². The Morgan fingerprint density at radius 2 is 1.97 bits per heavy atom. The summed E-state index contributed by atoms with van der Waals surface area (Å²) < 4.78 is 48.3. The fourth-order valence-electron chi connectivity index (χ4n) is 4.78. The van der Waals surface area contributed by atoms with Crippen LogP contribution in [-0.2, 0) is 9.53 Å². The number of halogens is 3. The molecule has 0 aliphatic carbocycles. The van der Waals surface area contributed by atoms with Gasteiger partial charge in [-0.3, -0.25) is 4.79 Å². The van der Waals surface area contributed by atoms with Crippen LogP contribution in [0.1, 0.15) is 77.1 Å². The van der Waals surface area contributed by atoms with Crippen molar-refractivity contribution < 1.29 is 22.7 Å². The lowest BCUT2D eigenvalue weighted by atomic mass is 9.82. The summed E-state index contributed by atoms with van der Waals surface area (Å²) in [6.07, 6.45) is -0.816. The summed E-state index contributed by atoms with van der Waals surface area (Å²) in [5, 5.41) is 7.67. The molecule has 2 saturated heterocycles. The lowest BCUT2D eigenvalue weighted by Crippen LogP contribution is -2.45. The van der Waals surface area contributed by atoms with E-state index in [-0.39, 0.29) is 29.8 Å². The number of ether oxygens (including phenoxy) is 1. The first-order chi connectivity index (χ1) is 14.1. The van der Waals surface area contributed by atoms with Gasteiger partial charge in [0, 0.05) is 25.3 Å². The zero-order valence-electron chi connectivity index (χ0n) is 17.8. The van der Waals surface area contributed by atoms with E-state index in [1.54, 1.807) is 11.0 Å². The Morgan fingerprint density at radius 3 is 2.60 bits per heavy atom. The maximum atomic E-state index is 13.9. The maximum absolute atomic E-state index is 13.9. The highest BCUT2D eigenvalue weighted by Crippen LogP contribution is 2.44. The van der Waals surface area contributed by atoms with Crippen molar-refractivity contribution in [2.45, 2.75) is 89.7 Å². The Hall–Kier alpha value is -1.77. The summed E-state index contributed by atoms with van der Waals surface area (Å²) >= 11 is 0. The molecule has 0 saturated carbocycles. The third-order valence-electron chi connectivity index (χ3n) is 6.59. The van der Waals surface area contributed by atoms with Gasteiger partial charge in [-0.05, 0) is 43.9 Å². The van der Waals surface area contributed by atoms with Crippen molar-refractivity contribution in [3.8, 4) is 0 Å². The average Bonchev–Trinajstić information content (AvgIpc) is 3.34. The van der Waals surface area contributed by atoms with Crippen LogP contribution in [0.2, 0.25) is 0 Å². The number of rotatable bonds is 2. The van der Waals surface area contributed by atoms with E-state index in [0.29, 0.717) is 37.5 Å². The highest BCUT2D eigenvalue weighted by Gasteiger charge is 2.48. The molecule has 168 valence electrons. The largest absolute Gasteiger partial charge is 0.410 e. The monoisotopic (exact) mass is 428 g/mol. The van der Waals surface area contributed by atoms with Gasteiger partial charge in [-0.1, -0.05) is 20.8 Å². The number of alkyl halides is 3. The van der Waals surface area contributed by atoms with Crippen molar-refractivity contribution in [3.05, 3.63) is 11.8 Å². The number of hydrogen-bond donors (Lipinski definition) is 1. The van der Waals surface area contributed by atoms with Gasteiger partial charge in [-0.15, -0.1) is 0 Å². The highest BCUT2D eigenvalue weighted by molar-refractivity contribution is 5.81. The van der Waals surface area contributed by atoms with E-state index in [0.717, 1.165) is 23.9 Å². The number of carbonyl (C=O) groups excluding carboxylic acids is 1. The van der Waals surface area contributed by atoms with Gasteiger partial charge in [0.1, 0.15) is 11.9 Å². The number of nitrogens with one attached hydrogen (secondary N) is 1. The molecule has 0 radical (unpaired) electrons. The van der Waals surface area contributed by atoms with Crippen LogP contribution in [-0.4, -0.2) is 52.1 Å². The van der Waals surface area contributed by atoms with Gasteiger partial charge in [-0.25, -0.2) is 4.68 Å². The third kappa shape index (κ3) is 4.05. The van der Waals surface area contributed by atoms with Crippen molar-refractivity contribution in [3.63, 3.8) is 0 Å². The van der Waals surface area contributed by atoms with E-state index in [1.807, 2.05) is 20.8 Å². The van der Waals surface area contributed by atoms with E-state index in [4.69, 9.17) is 4.74 Å². The third-order valence-corrected chi connectivity index (χ3v) is 6.59. The Bertz CT molecular complexity index is 780. The average molecular weight is 428 g/mol. The number of amides is 1. The summed E-state index contributed by atoms with van der Waals surface area (Å²) in [7, 11) is 0. The number of piperidine rings is 1. The van der Waals surface area contributed by atoms with Crippen LogP contribution >= 0.6 is 0 Å². The number of likely N-dealkylation sites (tertiary alicyclic amines) is 1. The number of carbonyl (C=O) groups is 1. The minimum atomic E-state index is -4.39. The van der Waals surface area contributed by atoms with Crippen molar-refractivity contribution >= 4 is 11.7 Å². The summed E-state index contributed by atoms with van der Waals surface area (Å²) in [5.74, 6) is 0.324. The molecule has 1 N–H and O–H groups in total. The van der Waals surface area contributed by atoms with E-state index >= 15 is 0 Å². The molecule has 0 spiro atoms. The minimum Gasteiger partial charge on any atom is -0.368 e. The first kappa shape index (κ1) is 21.5. The molecule has 1 aromatic heterocycles. The molecule has 6 nitrogen and oxygen atoms in total. The lowest BCUT2D eigenvalue weighted by Gasteiger charge is -2.39. The molecule has 4 heterocycles. The van der Waals surface area contributed by atoms with Gasteiger partial charge in [0.25, 0.3) is 5.91 Å². The molecule has 1 aromatic rings. The molecule has 0 bridgehead atoms. The second-order valence-corrected chi connectivity index (χ2v) is 9.80. The standard InChI is InChI=1S/C21H31F3N4O2/c1-20(2,3)16-12-17(21(22,23)24)28-18(25-16)11-13(26-28)14-7-4-5-9-27(14)19(29)15-8-6-10-30-15/h11,14-17,25H,4-10,12H2,1-3H3/t14?,15?,16-,17+/m0/s1. The van der Waals surface area contributed by atoms with Crippen LogP contribution in [0.3, 0.4) is 0 Å². The van der Waals surface area contributed by atoms with E-state index in [1.165, 1.54) is 0 Å². The van der Waals surface area contributed by atoms with Crippen LogP contribution in [0.4, 0.5) is 19.0 Å². The molecule has 3 aliphatic heterocycles. The quantitative estimate of drug-likeness (QED) is 0.756. The number of aromatic nitrogens is 2. The Kier molecular flexibility index (Phi) is 5.53. The predicted octanol–water partition coefficient (Wildman–Crippen LogP) is 4.45. The van der Waals surface area contributed by atoms with E-state index < -0.39 is 18.3 Å². The molecule has 3 aliphatic rings. The van der Waals surface area contributed by atoms with Crippen LogP contribution in [0.5, 0.6) is 0 Å². The Balaban J connectivity index is 1.65. The van der Waals surface area contributed by atoms with Crippen LogP contribution < -0.4 is 5.32 Å². The van der Waals surface area contributed by atoms with Crippen LogP contribution in [0.15, 0.2) is 6.07 Å². The van der Waals surface area contributed by atoms with Gasteiger partial charge >= 0.3 is 6.18 Å². The lowest BCUT2D eigenvalue weighted by molar-refractivity contribution is -0.175. The van der Waals surface area contributed by atoms with E-state index in [2.05, 4.69) is 10.4 Å². The first-order valence-electron chi connectivity index (χ1n) is 10.9. The Morgan fingerprint density at radius 1 is 1.20 bits per heavy atom. The molecule has 1 amide bonds. The summed E-state index contributed by atoms with van der Waals surface area (Å²) in [5.41, 5.74) is 0.207. The first-order valence-corrected chi connectivity index (χ1v) is 10.9. The molecular formula is C21H31F3N4O2. The van der Waals surface area contributed by atoms with Crippen LogP contribution in [0.25, 0.3) is 0 Å². The van der Waals surface area contributed by atoms with Crippen molar-refractivity contribution in [1.29, 1.82) is 0 Å².